The lowest BCUT2D eigenvalue weighted by atomic mass is 9.64. The monoisotopic (exact) mass is 605 g/mol. The van der Waals surface area contributed by atoms with Crippen LogP contribution in [0.15, 0.2) is 53.4 Å². The molecule has 2 aromatic carbocycles. The zero-order chi connectivity index (χ0) is 31.1. The second-order valence-corrected chi connectivity index (χ2v) is 14.8. The van der Waals surface area contributed by atoms with E-state index in [2.05, 4.69) is 42.4 Å². The Morgan fingerprint density at radius 2 is 1.74 bits per heavy atom. The largest absolute Gasteiger partial charge is 0.475 e. The van der Waals surface area contributed by atoms with Crippen LogP contribution in [0.25, 0.3) is 11.3 Å². The second kappa shape index (κ2) is 11.9. The number of carbonyl (C=O) groups is 1. The predicted molar refractivity (Wildman–Crippen MR) is 168 cm³/mol. The predicted octanol–water partition coefficient (Wildman–Crippen LogP) is 5.72. The van der Waals surface area contributed by atoms with Gasteiger partial charge in [-0.3, -0.25) is 4.79 Å². The molecule has 0 radical (unpaired) electrons. The van der Waals surface area contributed by atoms with Gasteiger partial charge in [0.05, 0.1) is 16.6 Å². The molecule has 3 aromatic rings. The highest BCUT2D eigenvalue weighted by Gasteiger charge is 2.42. The molecule has 2 atom stereocenters. The number of benzene rings is 2. The molecular weight excluding hydrogens is 562 g/mol. The highest BCUT2D eigenvalue weighted by molar-refractivity contribution is 7.92. The molecule has 0 saturated heterocycles. The lowest BCUT2D eigenvalue weighted by Gasteiger charge is -2.48. The normalized spacial score (nSPS) is 24.1. The van der Waals surface area contributed by atoms with E-state index in [0.717, 1.165) is 36.0 Å². The van der Waals surface area contributed by atoms with Crippen molar-refractivity contribution in [2.45, 2.75) is 90.2 Å². The zero-order valence-electron chi connectivity index (χ0n) is 25.9. The fraction of sp³-hybridized carbons (Fsp3) is 0.485. The first-order valence-corrected chi connectivity index (χ1v) is 16.5. The van der Waals surface area contributed by atoms with E-state index in [9.17, 15) is 13.2 Å². The lowest BCUT2D eigenvalue weighted by Crippen LogP contribution is -2.53. The van der Waals surface area contributed by atoms with E-state index in [-0.39, 0.29) is 58.7 Å². The molecule has 2 heterocycles. The van der Waals surface area contributed by atoms with Crippen molar-refractivity contribution in [1.82, 2.24) is 14.9 Å². The fourth-order valence-electron chi connectivity index (χ4n) is 6.91. The van der Waals surface area contributed by atoms with Crippen molar-refractivity contribution in [2.75, 3.05) is 11.3 Å². The Morgan fingerprint density at radius 3 is 2.40 bits per heavy atom. The number of fused-ring (bicyclic) bond motifs is 4. The van der Waals surface area contributed by atoms with Gasteiger partial charge in [-0.1, -0.05) is 45.0 Å². The summed E-state index contributed by atoms with van der Waals surface area (Å²) >= 11 is 0. The molecule has 230 valence electrons. The smallest absolute Gasteiger partial charge is 0.264 e. The average Bonchev–Trinajstić information content (AvgIpc) is 2.90. The van der Waals surface area contributed by atoms with E-state index in [0.29, 0.717) is 17.7 Å². The molecule has 2 aliphatic rings. The van der Waals surface area contributed by atoms with Gasteiger partial charge in [0.1, 0.15) is 6.61 Å². The van der Waals surface area contributed by atoms with E-state index < -0.39 is 10.0 Å². The summed E-state index contributed by atoms with van der Waals surface area (Å²) in [6.45, 7) is 12.7. The SMILES string of the molecule is Cc1cccc(C)c1-c1cc2nc(n1)NS(=O)(=O)c1cccc(c1)C(=O)N([C@@H](C)C[C@]1(C)C[C@@H](N)C1)[C@H](CC(C)C)CO2. The number of sulfonamides is 1. The number of hydrogen-bond acceptors (Lipinski definition) is 7. The third kappa shape index (κ3) is 6.70. The summed E-state index contributed by atoms with van der Waals surface area (Å²) in [5.41, 5.74) is 9.94. The number of anilines is 1. The molecule has 1 aliphatic heterocycles. The van der Waals surface area contributed by atoms with Gasteiger partial charge in [0.2, 0.25) is 11.8 Å². The standard InChI is InChI=1S/C33H43N5O4S/c1-20(2)13-26-19-42-29-15-28(30-21(3)9-7-10-22(30)4)35-32(36-29)37-43(40,41)27-12-8-11-24(14-27)31(39)38(26)23(5)16-33(6)17-25(34)18-33/h7-12,14-15,20,23,25-26H,13,16-19,34H2,1-6H3,(H,35,36,37)/t23-,25-,26+,33-/m0/s1. The van der Waals surface area contributed by atoms with Crippen LogP contribution in [0.1, 0.15) is 74.9 Å². The molecule has 1 amide bonds. The zero-order valence-corrected chi connectivity index (χ0v) is 26.7. The summed E-state index contributed by atoms with van der Waals surface area (Å²) in [6, 6.07) is 13.6. The van der Waals surface area contributed by atoms with Crippen molar-refractivity contribution in [1.29, 1.82) is 0 Å². The van der Waals surface area contributed by atoms with Gasteiger partial charge < -0.3 is 15.4 Å². The molecule has 43 heavy (non-hydrogen) atoms. The lowest BCUT2D eigenvalue weighted by molar-refractivity contribution is 0.0241. The van der Waals surface area contributed by atoms with Gasteiger partial charge in [-0.2, -0.15) is 4.98 Å². The third-order valence-corrected chi connectivity index (χ3v) is 9.95. The Morgan fingerprint density at radius 1 is 1.07 bits per heavy atom. The molecule has 0 unspecified atom stereocenters. The van der Waals surface area contributed by atoms with E-state index >= 15 is 0 Å². The van der Waals surface area contributed by atoms with Crippen molar-refractivity contribution >= 4 is 21.9 Å². The minimum Gasteiger partial charge on any atom is -0.475 e. The molecule has 9 nitrogen and oxygen atoms in total. The van der Waals surface area contributed by atoms with Crippen LogP contribution in [0.2, 0.25) is 0 Å². The van der Waals surface area contributed by atoms with Crippen molar-refractivity contribution < 1.29 is 17.9 Å². The summed E-state index contributed by atoms with van der Waals surface area (Å²) in [7, 11) is -4.12. The number of rotatable bonds is 6. The quantitative estimate of drug-likeness (QED) is 0.368. The van der Waals surface area contributed by atoms with Gasteiger partial charge in [-0.15, -0.1) is 0 Å². The number of amides is 1. The first kappa shape index (κ1) is 30.9. The van der Waals surface area contributed by atoms with Crippen LogP contribution in [0.4, 0.5) is 5.95 Å². The molecule has 1 aromatic heterocycles. The third-order valence-electron chi connectivity index (χ3n) is 8.62. The van der Waals surface area contributed by atoms with Crippen LogP contribution in [0.3, 0.4) is 0 Å². The first-order chi connectivity index (χ1) is 20.2. The maximum Gasteiger partial charge on any atom is 0.264 e. The van der Waals surface area contributed by atoms with Gasteiger partial charge in [0, 0.05) is 29.3 Å². The summed E-state index contributed by atoms with van der Waals surface area (Å²) in [4.78, 5) is 25.3. The van der Waals surface area contributed by atoms with Crippen LogP contribution in [-0.2, 0) is 10.0 Å². The number of aryl methyl sites for hydroxylation is 2. The van der Waals surface area contributed by atoms with E-state index in [1.54, 1.807) is 18.2 Å². The summed E-state index contributed by atoms with van der Waals surface area (Å²) in [5, 5.41) is 0. The number of nitrogens with zero attached hydrogens (tertiary/aromatic N) is 3. The number of hydrogen-bond donors (Lipinski definition) is 2. The van der Waals surface area contributed by atoms with E-state index in [4.69, 9.17) is 10.5 Å². The van der Waals surface area contributed by atoms with E-state index in [1.165, 1.54) is 12.1 Å². The molecule has 1 aliphatic carbocycles. The Hall–Kier alpha value is -3.50. The second-order valence-electron chi connectivity index (χ2n) is 13.2. The summed E-state index contributed by atoms with van der Waals surface area (Å²) in [5.74, 6) is 0.200. The van der Waals surface area contributed by atoms with Gasteiger partial charge in [0.15, 0.2) is 0 Å². The molecule has 1 saturated carbocycles. The Bertz CT molecular complexity index is 1600. The van der Waals surface area contributed by atoms with Crippen LogP contribution >= 0.6 is 0 Å². The number of carbonyl (C=O) groups excluding carboxylic acids is 1. The molecule has 3 N–H and O–H groups in total. The Kier molecular flexibility index (Phi) is 8.55. The molecule has 0 spiro atoms. The molecule has 5 rings (SSSR count). The number of aromatic nitrogens is 2. The minimum absolute atomic E-state index is 0.0360. The van der Waals surface area contributed by atoms with Crippen molar-refractivity contribution in [3.63, 3.8) is 0 Å². The topological polar surface area (TPSA) is 128 Å². The van der Waals surface area contributed by atoms with Gasteiger partial charge >= 0.3 is 0 Å². The highest BCUT2D eigenvalue weighted by atomic mass is 32.2. The number of nitrogens with one attached hydrogen (secondary N) is 1. The molecule has 4 bridgehead atoms. The molecule has 10 heteroatoms. The Labute approximate surface area is 255 Å². The maximum absolute atomic E-state index is 14.3. The van der Waals surface area contributed by atoms with Crippen molar-refractivity contribution in [3.8, 4) is 17.1 Å². The van der Waals surface area contributed by atoms with Crippen LogP contribution < -0.4 is 15.2 Å². The first-order valence-electron chi connectivity index (χ1n) is 15.0. The van der Waals surface area contributed by atoms with Crippen molar-refractivity contribution in [3.05, 3.63) is 65.2 Å². The summed E-state index contributed by atoms with van der Waals surface area (Å²) in [6.07, 6.45) is 3.31. The van der Waals surface area contributed by atoms with Crippen LogP contribution in [-0.4, -0.2) is 53.9 Å². The molecular formula is C33H43N5O4S. The summed E-state index contributed by atoms with van der Waals surface area (Å²) < 4.78 is 36.1. The fourth-order valence-corrected chi connectivity index (χ4v) is 7.90. The number of ether oxygens (including phenoxy) is 1. The highest BCUT2D eigenvalue weighted by Crippen LogP contribution is 2.44. The van der Waals surface area contributed by atoms with Gasteiger partial charge in [-0.05, 0) is 87.1 Å². The van der Waals surface area contributed by atoms with Crippen LogP contribution in [0.5, 0.6) is 5.88 Å². The number of nitrogens with two attached hydrogens (primary N) is 1. The molecule has 1 fully saturated rings. The van der Waals surface area contributed by atoms with Crippen LogP contribution in [0, 0.1) is 25.2 Å². The van der Waals surface area contributed by atoms with Crippen molar-refractivity contribution in [2.24, 2.45) is 17.1 Å². The van der Waals surface area contributed by atoms with E-state index in [1.807, 2.05) is 36.9 Å². The average molecular weight is 606 g/mol. The Balaban J connectivity index is 1.64. The minimum atomic E-state index is -4.12. The van der Waals surface area contributed by atoms with Gasteiger partial charge in [0.25, 0.3) is 15.9 Å². The maximum atomic E-state index is 14.3. The van der Waals surface area contributed by atoms with Gasteiger partial charge in [-0.25, -0.2) is 18.1 Å².